The van der Waals surface area contributed by atoms with Crippen LogP contribution in [0.2, 0.25) is 0 Å². The number of nitrogens with zero attached hydrogens (tertiary/aromatic N) is 1. The summed E-state index contributed by atoms with van der Waals surface area (Å²) < 4.78 is 0. The van der Waals surface area contributed by atoms with Crippen LogP contribution in [0.1, 0.15) is 18.4 Å². The second-order valence-corrected chi connectivity index (χ2v) is 4.71. The number of likely N-dealkylation sites (N-methyl/N-ethyl adjacent to an activating group) is 1. The summed E-state index contributed by atoms with van der Waals surface area (Å²) in [6, 6.07) is 5.06. The van der Waals surface area contributed by atoms with Gasteiger partial charge in [0.2, 0.25) is 5.91 Å². The molecule has 0 radical (unpaired) electrons. The fourth-order valence-electron chi connectivity index (χ4n) is 2.12. The highest BCUT2D eigenvalue weighted by molar-refractivity contribution is 5.76. The van der Waals surface area contributed by atoms with E-state index in [1.54, 1.807) is 17.0 Å². The van der Waals surface area contributed by atoms with Gasteiger partial charge in [-0.3, -0.25) is 4.79 Å². The molecule has 1 saturated heterocycles. The van der Waals surface area contributed by atoms with Gasteiger partial charge in [0.15, 0.2) is 11.5 Å². The van der Waals surface area contributed by atoms with E-state index >= 15 is 0 Å². The first-order valence-electron chi connectivity index (χ1n) is 6.04. The van der Waals surface area contributed by atoms with Crippen molar-refractivity contribution >= 4 is 5.91 Å². The molecular weight excluding hydrogens is 232 g/mol. The molecule has 1 atom stereocenters. The van der Waals surface area contributed by atoms with E-state index in [4.69, 9.17) is 0 Å². The van der Waals surface area contributed by atoms with E-state index in [1.165, 1.54) is 6.07 Å². The average Bonchev–Trinajstić information content (AvgIpc) is 2.35. The number of rotatable bonds is 3. The van der Waals surface area contributed by atoms with Crippen molar-refractivity contribution in [1.82, 2.24) is 10.2 Å². The predicted octanol–water partition coefficient (Wildman–Crippen LogP) is 0.808. The van der Waals surface area contributed by atoms with Crippen molar-refractivity contribution in [1.29, 1.82) is 0 Å². The van der Waals surface area contributed by atoms with Crippen LogP contribution in [0.3, 0.4) is 0 Å². The van der Waals surface area contributed by atoms with Crippen LogP contribution in [0.15, 0.2) is 18.2 Å². The molecule has 0 saturated carbocycles. The number of likely N-dealkylation sites (tertiary alicyclic amines) is 1. The highest BCUT2D eigenvalue weighted by atomic mass is 16.3. The molecule has 0 aromatic heterocycles. The van der Waals surface area contributed by atoms with Gasteiger partial charge in [0, 0.05) is 32.6 Å². The number of phenols is 2. The minimum atomic E-state index is -0.109. The lowest BCUT2D eigenvalue weighted by Gasteiger charge is -2.30. The molecule has 1 unspecified atom stereocenters. The van der Waals surface area contributed by atoms with Gasteiger partial charge in [0.05, 0.1) is 0 Å². The zero-order valence-corrected chi connectivity index (χ0v) is 10.4. The Morgan fingerprint density at radius 3 is 2.83 bits per heavy atom. The molecule has 1 aromatic rings. The maximum absolute atomic E-state index is 11.3. The first kappa shape index (κ1) is 12.7. The van der Waals surface area contributed by atoms with Gasteiger partial charge in [-0.25, -0.2) is 0 Å². The van der Waals surface area contributed by atoms with Gasteiger partial charge in [-0.1, -0.05) is 6.07 Å². The zero-order chi connectivity index (χ0) is 13.1. The van der Waals surface area contributed by atoms with Crippen LogP contribution in [-0.4, -0.2) is 40.7 Å². The van der Waals surface area contributed by atoms with Crippen LogP contribution in [-0.2, 0) is 11.3 Å². The van der Waals surface area contributed by atoms with Gasteiger partial charge in [-0.15, -0.1) is 0 Å². The molecular formula is C13H18N2O3. The highest BCUT2D eigenvalue weighted by Crippen LogP contribution is 2.24. The van der Waals surface area contributed by atoms with Crippen molar-refractivity contribution in [2.75, 3.05) is 13.6 Å². The molecule has 1 heterocycles. The number of hydrogen-bond donors (Lipinski definition) is 3. The molecule has 0 spiro atoms. The third kappa shape index (κ3) is 2.92. The smallest absolute Gasteiger partial charge is 0.222 e. The van der Waals surface area contributed by atoms with Crippen LogP contribution in [0.4, 0.5) is 0 Å². The maximum atomic E-state index is 11.3. The Kier molecular flexibility index (Phi) is 3.72. The lowest BCUT2D eigenvalue weighted by Crippen LogP contribution is -2.46. The first-order chi connectivity index (χ1) is 8.56. The van der Waals surface area contributed by atoms with Crippen LogP contribution in [0.25, 0.3) is 0 Å². The Morgan fingerprint density at radius 2 is 2.17 bits per heavy atom. The van der Waals surface area contributed by atoms with Crippen LogP contribution >= 0.6 is 0 Å². The third-order valence-electron chi connectivity index (χ3n) is 3.26. The second-order valence-electron chi connectivity index (χ2n) is 4.71. The second kappa shape index (κ2) is 5.27. The number of carbonyl (C=O) groups excluding carboxylic acids is 1. The van der Waals surface area contributed by atoms with Crippen molar-refractivity contribution in [2.45, 2.75) is 25.4 Å². The molecule has 1 fully saturated rings. The third-order valence-corrected chi connectivity index (χ3v) is 3.26. The minimum absolute atomic E-state index is 0.106. The Balaban J connectivity index is 1.88. The van der Waals surface area contributed by atoms with E-state index in [0.29, 0.717) is 19.5 Å². The number of nitrogens with one attached hydrogen (secondary N) is 1. The Hall–Kier alpha value is -1.75. The highest BCUT2D eigenvalue weighted by Gasteiger charge is 2.22. The Bertz CT molecular complexity index is 448. The summed E-state index contributed by atoms with van der Waals surface area (Å²) in [5, 5.41) is 21.9. The molecule has 1 aliphatic heterocycles. The summed E-state index contributed by atoms with van der Waals surface area (Å²) in [5.41, 5.74) is 0.907. The van der Waals surface area contributed by atoms with Gasteiger partial charge in [-0.05, 0) is 24.1 Å². The molecule has 18 heavy (non-hydrogen) atoms. The monoisotopic (exact) mass is 250 g/mol. The van der Waals surface area contributed by atoms with Crippen LogP contribution < -0.4 is 5.32 Å². The summed E-state index contributed by atoms with van der Waals surface area (Å²) in [7, 11) is 1.81. The molecule has 0 bridgehead atoms. The molecule has 3 N–H and O–H groups in total. The quantitative estimate of drug-likeness (QED) is 0.694. The lowest BCUT2D eigenvalue weighted by molar-refractivity contribution is -0.132. The zero-order valence-electron chi connectivity index (χ0n) is 10.4. The molecule has 1 amide bonds. The van der Waals surface area contributed by atoms with E-state index in [-0.39, 0.29) is 23.4 Å². The Morgan fingerprint density at radius 1 is 1.39 bits per heavy atom. The number of phenolic OH excluding ortho intramolecular Hbond substituents is 2. The van der Waals surface area contributed by atoms with Gasteiger partial charge >= 0.3 is 0 Å². The largest absolute Gasteiger partial charge is 0.504 e. The average molecular weight is 250 g/mol. The van der Waals surface area contributed by atoms with Gasteiger partial charge in [-0.2, -0.15) is 0 Å². The molecule has 0 aliphatic carbocycles. The van der Waals surface area contributed by atoms with Crippen molar-refractivity contribution in [2.24, 2.45) is 0 Å². The Labute approximate surface area is 106 Å². The van der Waals surface area contributed by atoms with Crippen molar-refractivity contribution < 1.29 is 15.0 Å². The van der Waals surface area contributed by atoms with E-state index < -0.39 is 0 Å². The number of benzene rings is 1. The predicted molar refractivity (Wildman–Crippen MR) is 67.3 cm³/mol. The molecule has 5 heteroatoms. The van der Waals surface area contributed by atoms with Crippen molar-refractivity contribution in [3.05, 3.63) is 23.8 Å². The summed E-state index contributed by atoms with van der Waals surface area (Å²) in [5.74, 6) is -0.0256. The standard InChI is InChI=1S/C13H18N2O3/c1-15-8-10(3-5-13(15)18)14-7-9-2-4-11(16)12(17)6-9/h2,4,6,10,14,16-17H,3,5,7-8H2,1H3. The number of hydrogen-bond acceptors (Lipinski definition) is 4. The lowest BCUT2D eigenvalue weighted by atomic mass is 10.1. The van der Waals surface area contributed by atoms with E-state index in [0.717, 1.165) is 12.0 Å². The summed E-state index contributed by atoms with van der Waals surface area (Å²) >= 11 is 0. The molecule has 1 aromatic carbocycles. The van der Waals surface area contributed by atoms with E-state index in [1.807, 2.05) is 7.05 Å². The fourth-order valence-corrected chi connectivity index (χ4v) is 2.12. The molecule has 1 aliphatic rings. The normalized spacial score (nSPS) is 20.2. The summed E-state index contributed by atoms with van der Waals surface area (Å²) in [6.07, 6.45) is 1.42. The van der Waals surface area contributed by atoms with Gasteiger partial charge < -0.3 is 20.4 Å². The topological polar surface area (TPSA) is 72.8 Å². The van der Waals surface area contributed by atoms with Crippen LogP contribution in [0.5, 0.6) is 11.5 Å². The maximum Gasteiger partial charge on any atom is 0.222 e. The van der Waals surface area contributed by atoms with E-state index in [9.17, 15) is 15.0 Å². The first-order valence-corrected chi connectivity index (χ1v) is 6.04. The van der Waals surface area contributed by atoms with E-state index in [2.05, 4.69) is 5.32 Å². The van der Waals surface area contributed by atoms with Gasteiger partial charge in [0.1, 0.15) is 0 Å². The van der Waals surface area contributed by atoms with Crippen LogP contribution in [0, 0.1) is 0 Å². The molecule has 5 nitrogen and oxygen atoms in total. The molecule has 98 valence electrons. The summed E-state index contributed by atoms with van der Waals surface area (Å²) in [6.45, 7) is 1.32. The van der Waals surface area contributed by atoms with Crippen molar-refractivity contribution in [3.63, 3.8) is 0 Å². The number of piperidine rings is 1. The van der Waals surface area contributed by atoms with Gasteiger partial charge in [0.25, 0.3) is 0 Å². The SMILES string of the molecule is CN1CC(NCc2ccc(O)c(O)c2)CCC1=O. The number of amides is 1. The fraction of sp³-hybridized carbons (Fsp3) is 0.462. The minimum Gasteiger partial charge on any atom is -0.504 e. The molecule has 2 rings (SSSR count). The number of aromatic hydroxyl groups is 2. The number of carbonyl (C=O) groups is 1. The van der Waals surface area contributed by atoms with Crippen molar-refractivity contribution in [3.8, 4) is 11.5 Å². The summed E-state index contributed by atoms with van der Waals surface area (Å²) in [4.78, 5) is 13.1.